The fourth-order valence-electron chi connectivity index (χ4n) is 3.33. The molecule has 0 aromatic heterocycles. The lowest BCUT2D eigenvalue weighted by molar-refractivity contribution is -0.142. The van der Waals surface area contributed by atoms with Crippen LogP contribution in [0.5, 0.6) is 0 Å². The van der Waals surface area contributed by atoms with Crippen molar-refractivity contribution in [3.8, 4) is 0 Å². The van der Waals surface area contributed by atoms with Gasteiger partial charge in [0.05, 0.1) is 18.8 Å². The van der Waals surface area contributed by atoms with Crippen LogP contribution < -0.4 is 5.73 Å². The lowest BCUT2D eigenvalue weighted by Gasteiger charge is -2.51. The number of nitrogens with two attached hydrogens (primary N) is 1. The zero-order valence-corrected chi connectivity index (χ0v) is 11.6. The van der Waals surface area contributed by atoms with Crippen LogP contribution in [0.4, 0.5) is 0 Å². The van der Waals surface area contributed by atoms with E-state index in [0.29, 0.717) is 0 Å². The molecule has 2 fully saturated rings. The van der Waals surface area contributed by atoms with Gasteiger partial charge < -0.3 is 10.5 Å². The molecule has 0 radical (unpaired) electrons. The summed E-state index contributed by atoms with van der Waals surface area (Å²) >= 11 is 0. The molecule has 104 valence electrons. The van der Waals surface area contributed by atoms with Crippen LogP contribution in [0.15, 0.2) is 30.3 Å². The molecular weight excluding hydrogens is 236 g/mol. The molecule has 2 N–H and O–H groups in total. The minimum atomic E-state index is 0.164. The van der Waals surface area contributed by atoms with Gasteiger partial charge in [0.2, 0.25) is 0 Å². The van der Waals surface area contributed by atoms with E-state index >= 15 is 0 Å². The van der Waals surface area contributed by atoms with Crippen molar-refractivity contribution in [2.45, 2.75) is 24.8 Å². The molecule has 19 heavy (non-hydrogen) atoms. The van der Waals surface area contributed by atoms with Gasteiger partial charge in [0, 0.05) is 6.54 Å². The summed E-state index contributed by atoms with van der Waals surface area (Å²) in [6, 6.07) is 10.9. The maximum Gasteiger partial charge on any atom is 0.0802 e. The summed E-state index contributed by atoms with van der Waals surface area (Å²) in [7, 11) is 0. The molecule has 0 amide bonds. The minimum Gasteiger partial charge on any atom is -0.377 e. The van der Waals surface area contributed by atoms with Gasteiger partial charge in [-0.05, 0) is 43.8 Å². The zero-order valence-electron chi connectivity index (χ0n) is 11.6. The number of hydrogen-bond acceptors (Lipinski definition) is 3. The summed E-state index contributed by atoms with van der Waals surface area (Å²) in [6.07, 6.45) is 3.80. The number of rotatable bonds is 4. The van der Waals surface area contributed by atoms with Crippen LogP contribution in [0.2, 0.25) is 0 Å². The summed E-state index contributed by atoms with van der Waals surface area (Å²) in [4.78, 5) is 2.57. The molecule has 0 unspecified atom stereocenters. The third-order valence-electron chi connectivity index (χ3n) is 4.77. The van der Waals surface area contributed by atoms with E-state index in [9.17, 15) is 0 Å². The molecular formula is C16H24N2O. The highest BCUT2D eigenvalue weighted by Gasteiger charge is 2.43. The van der Waals surface area contributed by atoms with Crippen molar-refractivity contribution in [2.75, 3.05) is 32.8 Å². The summed E-state index contributed by atoms with van der Waals surface area (Å²) in [5.41, 5.74) is 7.57. The van der Waals surface area contributed by atoms with Crippen molar-refractivity contribution in [3.05, 3.63) is 35.9 Å². The van der Waals surface area contributed by atoms with Crippen LogP contribution in [0.3, 0.4) is 0 Å². The van der Waals surface area contributed by atoms with E-state index in [4.69, 9.17) is 10.5 Å². The van der Waals surface area contributed by atoms with E-state index in [0.717, 1.165) is 25.7 Å². The Balaban J connectivity index is 1.52. The maximum absolute atomic E-state index is 5.94. The highest BCUT2D eigenvalue weighted by Crippen LogP contribution is 2.30. The first-order valence-corrected chi connectivity index (χ1v) is 7.39. The summed E-state index contributed by atoms with van der Waals surface area (Å²) in [5.74, 6) is 0.828. The van der Waals surface area contributed by atoms with Crippen molar-refractivity contribution in [2.24, 2.45) is 11.7 Å². The number of hydrogen-bond donors (Lipinski definition) is 1. The van der Waals surface area contributed by atoms with Gasteiger partial charge in [-0.15, -0.1) is 0 Å². The minimum absolute atomic E-state index is 0.164. The van der Waals surface area contributed by atoms with Crippen LogP contribution in [0.1, 0.15) is 18.4 Å². The van der Waals surface area contributed by atoms with Gasteiger partial charge in [-0.25, -0.2) is 0 Å². The van der Waals surface area contributed by atoms with Gasteiger partial charge in [-0.1, -0.05) is 30.3 Å². The predicted molar refractivity (Wildman–Crippen MR) is 77.0 cm³/mol. The Hall–Kier alpha value is -0.900. The molecule has 2 heterocycles. The Labute approximate surface area is 115 Å². The largest absolute Gasteiger partial charge is 0.377 e. The molecule has 0 spiro atoms. The summed E-state index contributed by atoms with van der Waals surface area (Å²) in [5, 5.41) is 0. The van der Waals surface area contributed by atoms with Crippen LogP contribution in [-0.4, -0.2) is 43.3 Å². The normalized spacial score (nSPS) is 24.1. The second-order valence-corrected chi connectivity index (χ2v) is 6.04. The van der Waals surface area contributed by atoms with E-state index in [1.807, 2.05) is 0 Å². The lowest BCUT2D eigenvalue weighted by Crippen LogP contribution is -2.67. The first kappa shape index (κ1) is 13.1. The maximum atomic E-state index is 5.94. The Morgan fingerprint density at radius 2 is 1.84 bits per heavy atom. The van der Waals surface area contributed by atoms with Gasteiger partial charge in [0.15, 0.2) is 0 Å². The second-order valence-electron chi connectivity index (χ2n) is 6.04. The molecule has 3 nitrogen and oxygen atoms in total. The fraction of sp³-hybridized carbons (Fsp3) is 0.625. The monoisotopic (exact) mass is 260 g/mol. The topological polar surface area (TPSA) is 38.5 Å². The van der Waals surface area contributed by atoms with Crippen LogP contribution >= 0.6 is 0 Å². The predicted octanol–water partition coefficient (Wildman–Crippen LogP) is 1.67. The Morgan fingerprint density at radius 3 is 2.37 bits per heavy atom. The van der Waals surface area contributed by atoms with Gasteiger partial charge >= 0.3 is 0 Å². The number of piperidine rings is 1. The summed E-state index contributed by atoms with van der Waals surface area (Å²) in [6.45, 7) is 4.74. The van der Waals surface area contributed by atoms with Gasteiger partial charge in [0.25, 0.3) is 0 Å². The Kier molecular flexibility index (Phi) is 3.87. The number of benzene rings is 1. The van der Waals surface area contributed by atoms with Crippen LogP contribution in [0.25, 0.3) is 0 Å². The van der Waals surface area contributed by atoms with Crippen molar-refractivity contribution in [3.63, 3.8) is 0 Å². The van der Waals surface area contributed by atoms with E-state index in [1.54, 1.807) is 0 Å². The third kappa shape index (κ3) is 2.69. The van der Waals surface area contributed by atoms with Crippen molar-refractivity contribution in [1.82, 2.24) is 4.90 Å². The Bertz CT molecular complexity index is 389. The van der Waals surface area contributed by atoms with E-state index in [-0.39, 0.29) is 5.54 Å². The molecule has 3 heteroatoms. The molecule has 3 rings (SSSR count). The molecule has 2 aliphatic heterocycles. The fourth-order valence-corrected chi connectivity index (χ4v) is 3.33. The van der Waals surface area contributed by atoms with E-state index in [1.165, 1.54) is 37.9 Å². The first-order chi connectivity index (χ1) is 9.32. The zero-order chi connectivity index (χ0) is 13.1. The third-order valence-corrected chi connectivity index (χ3v) is 4.77. The quantitative estimate of drug-likeness (QED) is 0.895. The smallest absolute Gasteiger partial charge is 0.0802 e. The molecule has 2 saturated heterocycles. The van der Waals surface area contributed by atoms with Crippen molar-refractivity contribution < 1.29 is 4.74 Å². The molecule has 0 bridgehead atoms. The number of ether oxygens (including phenoxy) is 1. The van der Waals surface area contributed by atoms with Gasteiger partial charge in [0.1, 0.15) is 0 Å². The lowest BCUT2D eigenvalue weighted by atomic mass is 9.86. The van der Waals surface area contributed by atoms with Crippen molar-refractivity contribution in [1.29, 1.82) is 0 Å². The van der Waals surface area contributed by atoms with Gasteiger partial charge in [-0.3, -0.25) is 4.90 Å². The number of likely N-dealkylation sites (tertiary alicyclic amines) is 1. The van der Waals surface area contributed by atoms with E-state index in [2.05, 4.69) is 35.2 Å². The van der Waals surface area contributed by atoms with Crippen LogP contribution in [-0.2, 0) is 11.2 Å². The second kappa shape index (κ2) is 5.61. The highest BCUT2D eigenvalue weighted by atomic mass is 16.5. The average molecular weight is 260 g/mol. The Morgan fingerprint density at radius 1 is 1.16 bits per heavy atom. The van der Waals surface area contributed by atoms with E-state index < -0.39 is 0 Å². The summed E-state index contributed by atoms with van der Waals surface area (Å²) < 4.78 is 5.38. The molecule has 2 aliphatic rings. The average Bonchev–Trinajstić information content (AvgIpc) is 2.41. The SMILES string of the molecule is NCC1(N2CCC(Cc3ccccc3)CC2)COC1. The van der Waals surface area contributed by atoms with Crippen LogP contribution in [0, 0.1) is 5.92 Å². The molecule has 0 saturated carbocycles. The first-order valence-electron chi connectivity index (χ1n) is 7.39. The number of nitrogens with zero attached hydrogens (tertiary/aromatic N) is 1. The van der Waals surface area contributed by atoms with Crippen molar-refractivity contribution >= 4 is 0 Å². The molecule has 1 aromatic rings. The van der Waals surface area contributed by atoms with Gasteiger partial charge in [-0.2, -0.15) is 0 Å². The molecule has 0 atom stereocenters. The molecule has 1 aromatic carbocycles. The highest BCUT2D eigenvalue weighted by molar-refractivity contribution is 5.15. The molecule has 0 aliphatic carbocycles. The standard InChI is InChI=1S/C16H24N2O/c17-11-16(12-19-13-16)18-8-6-15(7-9-18)10-14-4-2-1-3-5-14/h1-5,15H,6-13,17H2.